The second-order valence-electron chi connectivity index (χ2n) is 16.2. The van der Waals surface area contributed by atoms with E-state index in [9.17, 15) is 24.4 Å². The molecule has 0 aliphatic rings. The normalized spacial score (nSPS) is 10.7. The molecule has 0 atom stereocenters. The summed E-state index contributed by atoms with van der Waals surface area (Å²) >= 11 is 2.58. The van der Waals surface area contributed by atoms with Gasteiger partial charge in [0, 0.05) is 53.2 Å². The van der Waals surface area contributed by atoms with Crippen molar-refractivity contribution in [2.24, 2.45) is 0 Å². The number of fused-ring (bicyclic) bond motifs is 2. The van der Waals surface area contributed by atoms with Crippen molar-refractivity contribution in [1.82, 2.24) is 19.9 Å². The van der Waals surface area contributed by atoms with Crippen molar-refractivity contribution in [2.45, 2.75) is 52.4 Å². The van der Waals surface area contributed by atoms with Crippen LogP contribution in [0.15, 0.2) is 122 Å². The van der Waals surface area contributed by atoms with Gasteiger partial charge >= 0.3 is 12.0 Å². The standard InChI is InChI=1S/C25H22N6O2S.C14H12N4OS.C11H11NO2.ClH/c1-15-7-8-18(30-24(33)29-17-6-4-5-16(11-17)25(2,3)14-26)12-19(15)31-22(32)21-13-20-23(34-21)28-10-9-27-20;1-8-2-3-9(15)6-10(8)18-13(19)12-7-11-14(20-12)17-5-4-16-11;1-11(2,7-12)9-5-3-4-8(6-9)10(13)14;/h4-13H,1-3H3,(H,31,32)(H2,29,30,33);2-7H,15H2,1H3,(H,18,19);3-6H,1-2H3,(H,13,14);1H. The van der Waals surface area contributed by atoms with Gasteiger partial charge in [0.25, 0.3) is 11.8 Å². The highest BCUT2D eigenvalue weighted by Crippen LogP contribution is 2.28. The molecule has 0 radical (unpaired) electrons. The molecule has 4 amide bonds. The molecule has 0 spiro atoms. The number of halogens is 1. The maximum Gasteiger partial charge on any atom is 0.335 e. The summed E-state index contributed by atoms with van der Waals surface area (Å²) < 4.78 is 0. The summed E-state index contributed by atoms with van der Waals surface area (Å²) in [6.45, 7) is 10.9. The smallest absolute Gasteiger partial charge is 0.335 e. The number of anilines is 5. The largest absolute Gasteiger partial charge is 0.478 e. The number of nitrogens with one attached hydrogen (secondary N) is 4. The summed E-state index contributed by atoms with van der Waals surface area (Å²) in [5.41, 5.74) is 12.4. The Kier molecular flexibility index (Phi) is 16.8. The Labute approximate surface area is 411 Å². The van der Waals surface area contributed by atoms with Crippen LogP contribution in [0.5, 0.6) is 0 Å². The molecular formula is C50H46ClN11O5S2. The van der Waals surface area contributed by atoms with E-state index in [1.54, 1.807) is 105 Å². The van der Waals surface area contributed by atoms with Crippen molar-refractivity contribution in [3.8, 4) is 12.1 Å². The summed E-state index contributed by atoms with van der Waals surface area (Å²) in [5, 5.41) is 38.3. The highest BCUT2D eigenvalue weighted by atomic mass is 35.5. The van der Waals surface area contributed by atoms with Gasteiger partial charge in [0.15, 0.2) is 0 Å². The van der Waals surface area contributed by atoms with Crippen molar-refractivity contribution in [3.63, 3.8) is 0 Å². The van der Waals surface area contributed by atoms with Crippen molar-refractivity contribution < 1.29 is 24.3 Å². The predicted octanol–water partition coefficient (Wildman–Crippen LogP) is 11.1. The Morgan fingerprint density at radius 1 is 0.594 bits per heavy atom. The molecule has 4 aromatic heterocycles. The van der Waals surface area contributed by atoms with Gasteiger partial charge in [-0.2, -0.15) is 10.5 Å². The van der Waals surface area contributed by atoms with Gasteiger partial charge in [0.1, 0.15) is 20.7 Å². The fourth-order valence-corrected chi connectivity index (χ4v) is 7.90. The topological polar surface area (TPSA) is 262 Å². The number of nitrogen functional groups attached to an aromatic ring is 1. The average molecular weight is 981 g/mol. The summed E-state index contributed by atoms with van der Waals surface area (Å²) in [6, 6.07) is 31.7. The first-order chi connectivity index (χ1) is 32.3. The van der Waals surface area contributed by atoms with Gasteiger partial charge in [0.05, 0.1) is 38.3 Å². The fraction of sp³-hybridized carbons (Fsp3) is 0.160. The zero-order chi connectivity index (χ0) is 49.2. The molecule has 8 rings (SSSR count). The molecule has 0 fully saturated rings. The lowest BCUT2D eigenvalue weighted by atomic mass is 9.85. The number of rotatable bonds is 9. The monoisotopic (exact) mass is 979 g/mol. The molecule has 69 heavy (non-hydrogen) atoms. The number of nitrogens with zero attached hydrogens (tertiary/aromatic N) is 6. The lowest BCUT2D eigenvalue weighted by molar-refractivity contribution is 0.0696. The third-order valence-corrected chi connectivity index (χ3v) is 12.3. The fourth-order valence-electron chi connectivity index (χ4n) is 6.19. The van der Waals surface area contributed by atoms with Gasteiger partial charge in [-0.3, -0.25) is 19.6 Å². The molecule has 8 aromatic rings. The number of aromatic nitrogens is 4. The third-order valence-electron chi connectivity index (χ3n) is 10.3. The van der Waals surface area contributed by atoms with Crippen molar-refractivity contribution in [1.29, 1.82) is 10.5 Å². The van der Waals surface area contributed by atoms with E-state index in [2.05, 4.69) is 53.3 Å². The second-order valence-corrected chi connectivity index (χ2v) is 18.3. The lowest BCUT2D eigenvalue weighted by Crippen LogP contribution is -2.20. The van der Waals surface area contributed by atoms with Gasteiger partial charge in [-0.15, -0.1) is 35.1 Å². The summed E-state index contributed by atoms with van der Waals surface area (Å²) in [7, 11) is 0. The Balaban J connectivity index is 0.000000214. The van der Waals surface area contributed by atoms with Gasteiger partial charge in [-0.05, 0) is 124 Å². The van der Waals surface area contributed by atoms with Gasteiger partial charge in [-0.25, -0.2) is 19.6 Å². The van der Waals surface area contributed by atoms with E-state index in [1.165, 1.54) is 34.8 Å². The number of hydrogen-bond acceptors (Lipinski definition) is 13. The molecule has 0 aliphatic heterocycles. The van der Waals surface area contributed by atoms with E-state index >= 15 is 0 Å². The molecule has 0 unspecified atom stereocenters. The first kappa shape index (κ1) is 51.7. The van der Waals surface area contributed by atoms with Crippen LogP contribution in [0, 0.1) is 36.5 Å². The van der Waals surface area contributed by atoms with E-state index in [-0.39, 0.29) is 29.8 Å². The van der Waals surface area contributed by atoms with Crippen LogP contribution in [-0.2, 0) is 10.8 Å². The first-order valence-corrected chi connectivity index (χ1v) is 22.3. The number of carbonyl (C=O) groups is 4. The maximum atomic E-state index is 12.8. The molecule has 4 heterocycles. The number of amides is 4. The number of hydrogen-bond donors (Lipinski definition) is 6. The van der Waals surface area contributed by atoms with Crippen molar-refractivity contribution in [2.75, 3.05) is 27.0 Å². The molecule has 0 bridgehead atoms. The van der Waals surface area contributed by atoms with Crippen molar-refractivity contribution >= 4 is 108 Å². The second kappa shape index (κ2) is 22.5. The van der Waals surface area contributed by atoms with E-state index in [1.807, 2.05) is 45.9 Å². The zero-order valence-corrected chi connectivity index (χ0v) is 40.6. The minimum atomic E-state index is -0.972. The Hall–Kier alpha value is -8.29. The predicted molar refractivity (Wildman–Crippen MR) is 275 cm³/mol. The number of aryl methyl sites for hydroxylation is 2. The molecule has 16 nitrogen and oxygen atoms in total. The van der Waals surface area contributed by atoms with Crippen LogP contribution >= 0.6 is 35.1 Å². The van der Waals surface area contributed by atoms with E-state index in [0.29, 0.717) is 48.5 Å². The SMILES string of the molecule is CC(C)(C#N)c1cccc(C(=O)O)c1.Cc1ccc(N)cc1NC(=O)c1cc2nccnc2s1.Cc1ccc(NC(=O)Nc2cccc(C(C)(C)C#N)c2)cc1NC(=O)c1cc2nccnc2s1.Cl. The number of carboxylic acids is 1. The van der Waals surface area contributed by atoms with Crippen LogP contribution in [0.4, 0.5) is 33.2 Å². The third kappa shape index (κ3) is 13.4. The van der Waals surface area contributed by atoms with Crippen LogP contribution in [0.2, 0.25) is 0 Å². The molecule has 4 aromatic carbocycles. The molecule has 0 saturated heterocycles. The number of nitrogens with two attached hydrogens (primary N) is 1. The van der Waals surface area contributed by atoms with Crippen LogP contribution in [0.1, 0.15) is 79.7 Å². The van der Waals surface area contributed by atoms with Crippen LogP contribution in [0.3, 0.4) is 0 Å². The minimum absolute atomic E-state index is 0. The number of urea groups is 1. The highest BCUT2D eigenvalue weighted by Gasteiger charge is 2.22. The van der Waals surface area contributed by atoms with E-state index in [4.69, 9.17) is 16.1 Å². The molecule has 7 N–H and O–H groups in total. The summed E-state index contributed by atoms with van der Waals surface area (Å²) in [4.78, 5) is 67.6. The highest BCUT2D eigenvalue weighted by molar-refractivity contribution is 7.20. The Morgan fingerprint density at radius 2 is 1.06 bits per heavy atom. The minimum Gasteiger partial charge on any atom is -0.478 e. The molecular weight excluding hydrogens is 934 g/mol. The quantitative estimate of drug-likeness (QED) is 0.0738. The van der Waals surface area contributed by atoms with Crippen molar-refractivity contribution in [3.05, 3.63) is 159 Å². The zero-order valence-electron chi connectivity index (χ0n) is 38.1. The number of carbonyl (C=O) groups excluding carboxylic acids is 3. The lowest BCUT2D eigenvalue weighted by Gasteiger charge is -2.17. The number of thiophene rings is 2. The number of benzene rings is 4. The van der Waals surface area contributed by atoms with Crippen LogP contribution < -0.4 is 27.0 Å². The number of nitriles is 2. The van der Waals surface area contributed by atoms with E-state index in [0.717, 1.165) is 32.6 Å². The van der Waals surface area contributed by atoms with Crippen LogP contribution in [-0.4, -0.2) is 48.9 Å². The molecule has 19 heteroatoms. The van der Waals surface area contributed by atoms with Crippen LogP contribution in [0.25, 0.3) is 20.7 Å². The first-order valence-electron chi connectivity index (χ1n) is 20.7. The molecule has 0 aliphatic carbocycles. The molecule has 0 saturated carbocycles. The Bertz CT molecular complexity index is 3220. The van der Waals surface area contributed by atoms with Gasteiger partial charge < -0.3 is 32.1 Å². The summed E-state index contributed by atoms with van der Waals surface area (Å²) in [5.74, 6) is -1.42. The summed E-state index contributed by atoms with van der Waals surface area (Å²) in [6.07, 6.45) is 6.40. The van der Waals surface area contributed by atoms with Gasteiger partial charge in [-0.1, -0.05) is 36.4 Å². The van der Waals surface area contributed by atoms with Gasteiger partial charge in [0.2, 0.25) is 0 Å². The average Bonchev–Trinajstić information content (AvgIpc) is 3.97. The maximum absolute atomic E-state index is 12.8. The van der Waals surface area contributed by atoms with E-state index < -0.39 is 22.8 Å². The number of carboxylic acid groups (broad SMARTS) is 1. The Morgan fingerprint density at radius 3 is 1.57 bits per heavy atom. The number of aromatic carboxylic acids is 1. The molecule has 350 valence electrons.